The topological polar surface area (TPSA) is 40.2 Å². The van der Waals surface area contributed by atoms with Crippen molar-refractivity contribution in [2.75, 3.05) is 18.0 Å². The summed E-state index contributed by atoms with van der Waals surface area (Å²) in [7, 11) is 0. The van der Waals surface area contributed by atoms with Gasteiger partial charge in [-0.05, 0) is 37.5 Å². The van der Waals surface area contributed by atoms with E-state index in [1.54, 1.807) is 12.1 Å². The number of halogens is 1. The van der Waals surface area contributed by atoms with Crippen LogP contribution >= 0.6 is 11.6 Å². The van der Waals surface area contributed by atoms with Gasteiger partial charge in [0, 0.05) is 29.7 Å². The Balaban J connectivity index is 1.86. The molecule has 0 unspecified atom stereocenters. The van der Waals surface area contributed by atoms with Gasteiger partial charge in [0.2, 0.25) is 0 Å². The molecule has 0 amide bonds. The molecule has 0 aliphatic carbocycles. The number of hydrogen-bond acceptors (Lipinski definition) is 3. The highest BCUT2D eigenvalue weighted by Crippen LogP contribution is 2.28. The summed E-state index contributed by atoms with van der Waals surface area (Å²) in [5.74, 6) is 1.56. The number of nitrogens with zero attached hydrogens (tertiary/aromatic N) is 2. The second kappa shape index (κ2) is 6.72. The Morgan fingerprint density at radius 1 is 1.14 bits per heavy atom. The normalized spacial score (nSPS) is 15.6. The zero-order valence-electron chi connectivity index (χ0n) is 12.3. The Morgan fingerprint density at radius 3 is 2.64 bits per heavy atom. The zero-order chi connectivity index (χ0) is 15.4. The Bertz CT molecular complexity index is 721. The Hall–Kier alpha value is -2.18. The first-order valence-corrected chi connectivity index (χ1v) is 7.87. The summed E-state index contributed by atoms with van der Waals surface area (Å²) in [4.78, 5) is 2.25. The largest absolute Gasteiger partial charge is 0.441 e. The number of anilines is 1. The summed E-state index contributed by atoms with van der Waals surface area (Å²) in [6.45, 7) is 2.07. The fourth-order valence-electron chi connectivity index (χ4n) is 2.70. The fourth-order valence-corrected chi connectivity index (χ4v) is 2.93. The van der Waals surface area contributed by atoms with Crippen molar-refractivity contribution in [3.05, 3.63) is 52.7 Å². The highest BCUT2D eigenvalue weighted by Gasteiger charge is 2.14. The van der Waals surface area contributed by atoms with E-state index in [0.717, 1.165) is 24.5 Å². The molecule has 4 heteroatoms. The summed E-state index contributed by atoms with van der Waals surface area (Å²) < 4.78 is 5.87. The average molecular weight is 313 g/mol. The number of piperidine rings is 1. The van der Waals surface area contributed by atoms with Crippen molar-refractivity contribution < 1.29 is 4.42 Å². The lowest BCUT2D eigenvalue weighted by Gasteiger charge is -2.25. The first-order chi connectivity index (χ1) is 10.8. The maximum atomic E-state index is 9.39. The number of benzene rings is 1. The molecule has 1 saturated heterocycles. The van der Waals surface area contributed by atoms with Crippen molar-refractivity contribution in [2.45, 2.75) is 19.3 Å². The monoisotopic (exact) mass is 312 g/mol. The van der Waals surface area contributed by atoms with Gasteiger partial charge in [-0.3, -0.25) is 0 Å². The SMILES string of the molecule is N#CC(=Cc1ccc(N2CCCCC2)o1)c1ccccc1Cl. The molecule has 1 aliphatic rings. The summed E-state index contributed by atoms with van der Waals surface area (Å²) >= 11 is 6.16. The van der Waals surface area contributed by atoms with Crippen LogP contribution in [-0.2, 0) is 0 Å². The van der Waals surface area contributed by atoms with Crippen molar-refractivity contribution in [3.8, 4) is 6.07 Å². The molecule has 3 rings (SSSR count). The van der Waals surface area contributed by atoms with Crippen molar-refractivity contribution in [1.29, 1.82) is 5.26 Å². The minimum absolute atomic E-state index is 0.505. The van der Waals surface area contributed by atoms with Gasteiger partial charge in [-0.15, -0.1) is 0 Å². The lowest BCUT2D eigenvalue weighted by Crippen LogP contribution is -2.28. The fraction of sp³-hybridized carbons (Fsp3) is 0.278. The predicted octanol–water partition coefficient (Wildman–Crippen LogP) is 4.99. The van der Waals surface area contributed by atoms with Gasteiger partial charge < -0.3 is 9.32 Å². The molecule has 1 aromatic heterocycles. The molecule has 0 spiro atoms. The number of furan rings is 1. The minimum atomic E-state index is 0.505. The standard InChI is InChI=1S/C18H17ClN2O/c19-17-7-3-2-6-16(17)14(13-20)12-15-8-9-18(22-15)21-10-4-1-5-11-21/h2-3,6-9,12H,1,4-5,10-11H2. The van der Waals surface area contributed by atoms with Crippen molar-refractivity contribution in [1.82, 2.24) is 0 Å². The van der Waals surface area contributed by atoms with E-state index < -0.39 is 0 Å². The average Bonchev–Trinajstić information content (AvgIpc) is 3.03. The third-order valence-corrected chi connectivity index (χ3v) is 4.18. The van der Waals surface area contributed by atoms with Gasteiger partial charge in [-0.1, -0.05) is 29.8 Å². The third kappa shape index (κ3) is 3.18. The molecular formula is C18H17ClN2O. The molecule has 1 fully saturated rings. The zero-order valence-corrected chi connectivity index (χ0v) is 13.0. The summed E-state index contributed by atoms with van der Waals surface area (Å²) in [6.07, 6.45) is 5.44. The summed E-state index contributed by atoms with van der Waals surface area (Å²) in [5.41, 5.74) is 1.23. The number of hydrogen-bond donors (Lipinski definition) is 0. The van der Waals surface area contributed by atoms with Gasteiger partial charge in [-0.2, -0.15) is 5.26 Å². The smallest absolute Gasteiger partial charge is 0.196 e. The lowest BCUT2D eigenvalue weighted by molar-refractivity contribution is 0.496. The van der Waals surface area contributed by atoms with Crippen molar-refractivity contribution in [2.24, 2.45) is 0 Å². The predicted molar refractivity (Wildman–Crippen MR) is 89.7 cm³/mol. The van der Waals surface area contributed by atoms with E-state index in [-0.39, 0.29) is 0 Å². The maximum Gasteiger partial charge on any atom is 0.196 e. The van der Waals surface area contributed by atoms with Gasteiger partial charge in [0.25, 0.3) is 0 Å². The van der Waals surface area contributed by atoms with Gasteiger partial charge in [0.15, 0.2) is 5.88 Å². The minimum Gasteiger partial charge on any atom is -0.441 e. The molecule has 0 saturated carbocycles. The number of allylic oxidation sites excluding steroid dienone is 1. The van der Waals surface area contributed by atoms with E-state index in [0.29, 0.717) is 16.4 Å². The van der Waals surface area contributed by atoms with Crippen LogP contribution < -0.4 is 4.90 Å². The van der Waals surface area contributed by atoms with Crippen LogP contribution in [0, 0.1) is 11.3 Å². The van der Waals surface area contributed by atoms with Crippen LogP contribution in [0.15, 0.2) is 40.8 Å². The highest BCUT2D eigenvalue weighted by atomic mass is 35.5. The first kappa shape index (κ1) is 14.7. The Labute approximate surface area is 135 Å². The highest BCUT2D eigenvalue weighted by molar-refractivity contribution is 6.32. The third-order valence-electron chi connectivity index (χ3n) is 3.85. The molecule has 22 heavy (non-hydrogen) atoms. The van der Waals surface area contributed by atoms with E-state index >= 15 is 0 Å². The van der Waals surface area contributed by atoms with Gasteiger partial charge in [0.1, 0.15) is 5.76 Å². The van der Waals surface area contributed by atoms with Crippen LogP contribution in [0.4, 0.5) is 5.88 Å². The molecule has 0 atom stereocenters. The molecule has 0 bridgehead atoms. The molecule has 2 aromatic rings. The van der Waals surface area contributed by atoms with Gasteiger partial charge >= 0.3 is 0 Å². The second-order valence-corrected chi connectivity index (χ2v) is 5.78. The summed E-state index contributed by atoms with van der Waals surface area (Å²) in [6, 6.07) is 13.4. The molecule has 112 valence electrons. The van der Waals surface area contributed by atoms with Crippen LogP contribution in [0.1, 0.15) is 30.6 Å². The Morgan fingerprint density at radius 2 is 1.91 bits per heavy atom. The van der Waals surface area contributed by atoms with Gasteiger partial charge in [-0.25, -0.2) is 0 Å². The van der Waals surface area contributed by atoms with Gasteiger partial charge in [0.05, 0.1) is 11.6 Å². The van der Waals surface area contributed by atoms with Crippen LogP contribution in [0.3, 0.4) is 0 Å². The Kier molecular flexibility index (Phi) is 4.50. The molecule has 1 aromatic carbocycles. The molecule has 0 N–H and O–H groups in total. The molecule has 1 aliphatic heterocycles. The molecule has 0 radical (unpaired) electrons. The van der Waals surface area contributed by atoms with E-state index in [1.165, 1.54) is 19.3 Å². The van der Waals surface area contributed by atoms with Crippen molar-refractivity contribution >= 4 is 29.1 Å². The van der Waals surface area contributed by atoms with Crippen LogP contribution in [-0.4, -0.2) is 13.1 Å². The number of rotatable bonds is 3. The van der Waals surface area contributed by atoms with E-state index in [2.05, 4.69) is 11.0 Å². The number of nitriles is 1. The van der Waals surface area contributed by atoms with Crippen LogP contribution in [0.25, 0.3) is 11.6 Å². The maximum absolute atomic E-state index is 9.39. The van der Waals surface area contributed by atoms with E-state index in [9.17, 15) is 5.26 Å². The summed E-state index contributed by atoms with van der Waals surface area (Å²) in [5, 5.41) is 9.96. The van der Waals surface area contributed by atoms with Crippen LogP contribution in [0.5, 0.6) is 0 Å². The van der Waals surface area contributed by atoms with E-state index in [1.807, 2.05) is 30.3 Å². The lowest BCUT2D eigenvalue weighted by atomic mass is 10.1. The second-order valence-electron chi connectivity index (χ2n) is 5.37. The van der Waals surface area contributed by atoms with E-state index in [4.69, 9.17) is 16.0 Å². The van der Waals surface area contributed by atoms with Crippen molar-refractivity contribution in [3.63, 3.8) is 0 Å². The molecule has 2 heterocycles. The molecular weight excluding hydrogens is 296 g/mol. The first-order valence-electron chi connectivity index (χ1n) is 7.49. The quantitative estimate of drug-likeness (QED) is 0.750. The molecule has 3 nitrogen and oxygen atoms in total. The van der Waals surface area contributed by atoms with Crippen LogP contribution in [0.2, 0.25) is 5.02 Å².